The van der Waals surface area contributed by atoms with Crippen LogP contribution in [0.3, 0.4) is 0 Å². The van der Waals surface area contributed by atoms with E-state index in [2.05, 4.69) is 0 Å². The van der Waals surface area contributed by atoms with Gasteiger partial charge in [0.25, 0.3) is 0 Å². The fourth-order valence-electron chi connectivity index (χ4n) is 3.34. The normalized spacial score (nSPS) is 32.6. The molecule has 2 aliphatic rings. The lowest BCUT2D eigenvalue weighted by Crippen LogP contribution is -2.43. The van der Waals surface area contributed by atoms with Crippen molar-refractivity contribution in [2.75, 3.05) is 12.8 Å². The summed E-state index contributed by atoms with van der Waals surface area (Å²) in [5.74, 6) is 0. The molecule has 4 nitrogen and oxygen atoms in total. The molecule has 0 aromatic carbocycles. The number of nitrogens with two attached hydrogens (primary N) is 1. The van der Waals surface area contributed by atoms with Gasteiger partial charge in [0.1, 0.15) is 9.84 Å². The van der Waals surface area contributed by atoms with Gasteiger partial charge in [-0.15, -0.1) is 0 Å². The van der Waals surface area contributed by atoms with Crippen LogP contribution in [0.25, 0.3) is 0 Å². The average molecular weight is 275 g/mol. The van der Waals surface area contributed by atoms with E-state index in [1.165, 1.54) is 19.1 Å². The maximum Gasteiger partial charge on any atom is 0.150 e. The minimum absolute atomic E-state index is 0.0834. The molecule has 0 saturated heterocycles. The van der Waals surface area contributed by atoms with Crippen LogP contribution in [0.5, 0.6) is 0 Å². The predicted octanol–water partition coefficient (Wildman–Crippen LogP) is 1.63. The molecular formula is C13H25NO3S. The van der Waals surface area contributed by atoms with Crippen LogP contribution in [-0.2, 0) is 14.6 Å². The number of rotatable bonds is 4. The van der Waals surface area contributed by atoms with Gasteiger partial charge in [-0.25, -0.2) is 8.42 Å². The molecule has 0 heterocycles. The Labute approximate surface area is 110 Å². The third kappa shape index (κ3) is 3.25. The van der Waals surface area contributed by atoms with Crippen LogP contribution in [0.4, 0.5) is 0 Å². The summed E-state index contributed by atoms with van der Waals surface area (Å²) in [5.41, 5.74) is 5.70. The SMILES string of the molecule is CS(=O)(=O)C1CCCC(OC2(CN)CCCC2)C1. The van der Waals surface area contributed by atoms with Crippen molar-refractivity contribution in [1.29, 1.82) is 0 Å². The van der Waals surface area contributed by atoms with Gasteiger partial charge < -0.3 is 10.5 Å². The summed E-state index contributed by atoms with van der Waals surface area (Å²) in [4.78, 5) is 0. The Morgan fingerprint density at radius 2 is 1.89 bits per heavy atom. The van der Waals surface area contributed by atoms with E-state index in [1.807, 2.05) is 0 Å². The van der Waals surface area contributed by atoms with Crippen LogP contribution in [0, 0.1) is 0 Å². The first-order valence-electron chi connectivity index (χ1n) is 7.02. The molecule has 5 heteroatoms. The lowest BCUT2D eigenvalue weighted by atomic mass is 9.95. The maximum absolute atomic E-state index is 11.6. The molecule has 106 valence electrons. The zero-order valence-electron chi connectivity index (χ0n) is 11.2. The van der Waals surface area contributed by atoms with Crippen molar-refractivity contribution in [3.8, 4) is 0 Å². The summed E-state index contributed by atoms with van der Waals surface area (Å²) < 4.78 is 29.5. The third-order valence-corrected chi connectivity index (χ3v) is 6.13. The highest BCUT2D eigenvalue weighted by Crippen LogP contribution is 2.36. The Morgan fingerprint density at radius 1 is 1.22 bits per heavy atom. The van der Waals surface area contributed by atoms with Crippen LogP contribution in [0.2, 0.25) is 0 Å². The molecule has 18 heavy (non-hydrogen) atoms. The smallest absolute Gasteiger partial charge is 0.150 e. The topological polar surface area (TPSA) is 69.4 Å². The number of hydrogen-bond acceptors (Lipinski definition) is 4. The van der Waals surface area contributed by atoms with Crippen LogP contribution in [0.15, 0.2) is 0 Å². The zero-order chi connectivity index (χ0) is 13.2. The van der Waals surface area contributed by atoms with Crippen molar-refractivity contribution in [3.05, 3.63) is 0 Å². The number of ether oxygens (including phenoxy) is 1. The first-order valence-corrected chi connectivity index (χ1v) is 8.97. The van der Waals surface area contributed by atoms with Crippen LogP contribution in [-0.4, -0.2) is 38.2 Å². The largest absolute Gasteiger partial charge is 0.370 e. The van der Waals surface area contributed by atoms with E-state index < -0.39 is 9.84 Å². The second-order valence-corrected chi connectivity index (χ2v) is 8.28. The van der Waals surface area contributed by atoms with Gasteiger partial charge in [-0.3, -0.25) is 0 Å². The molecule has 0 spiro atoms. The van der Waals surface area contributed by atoms with Crippen molar-refractivity contribution in [2.24, 2.45) is 5.73 Å². The highest BCUT2D eigenvalue weighted by Gasteiger charge is 2.38. The molecule has 0 aliphatic heterocycles. The van der Waals surface area contributed by atoms with Crippen LogP contribution < -0.4 is 5.73 Å². The summed E-state index contributed by atoms with van der Waals surface area (Å²) in [6, 6.07) is 0. The lowest BCUT2D eigenvalue weighted by Gasteiger charge is -2.36. The highest BCUT2D eigenvalue weighted by atomic mass is 32.2. The predicted molar refractivity (Wildman–Crippen MR) is 72.2 cm³/mol. The molecule has 2 N–H and O–H groups in total. The first-order chi connectivity index (χ1) is 8.45. The van der Waals surface area contributed by atoms with Crippen LogP contribution in [0.1, 0.15) is 51.4 Å². The van der Waals surface area contributed by atoms with E-state index >= 15 is 0 Å². The van der Waals surface area contributed by atoms with E-state index in [4.69, 9.17) is 10.5 Å². The molecular weight excluding hydrogens is 250 g/mol. The molecule has 2 aliphatic carbocycles. The number of sulfone groups is 1. The average Bonchev–Trinajstić information content (AvgIpc) is 2.77. The van der Waals surface area contributed by atoms with E-state index in [0.29, 0.717) is 13.0 Å². The Bertz CT molecular complexity index is 374. The Kier molecular flexibility index (Phi) is 4.34. The standard InChI is InChI=1S/C13H25NO3S/c1-18(15,16)12-6-4-5-11(9-12)17-13(10-14)7-2-3-8-13/h11-12H,2-10,14H2,1H3. The van der Waals surface area contributed by atoms with Gasteiger partial charge in [-0.1, -0.05) is 12.8 Å². The molecule has 2 saturated carbocycles. The minimum atomic E-state index is -2.93. The van der Waals surface area contributed by atoms with Crippen molar-refractivity contribution < 1.29 is 13.2 Å². The fourth-order valence-corrected chi connectivity index (χ4v) is 4.50. The Balaban J connectivity index is 1.97. The summed E-state index contributed by atoms with van der Waals surface area (Å²) >= 11 is 0. The molecule has 0 radical (unpaired) electrons. The molecule has 2 fully saturated rings. The van der Waals surface area contributed by atoms with E-state index in [1.54, 1.807) is 0 Å². The quantitative estimate of drug-likeness (QED) is 0.846. The van der Waals surface area contributed by atoms with Crippen molar-refractivity contribution in [3.63, 3.8) is 0 Å². The molecule has 2 unspecified atom stereocenters. The van der Waals surface area contributed by atoms with E-state index in [0.717, 1.165) is 32.1 Å². The highest BCUT2D eigenvalue weighted by molar-refractivity contribution is 7.91. The van der Waals surface area contributed by atoms with E-state index in [9.17, 15) is 8.42 Å². The van der Waals surface area contributed by atoms with Crippen LogP contribution >= 0.6 is 0 Å². The maximum atomic E-state index is 11.6. The zero-order valence-corrected chi connectivity index (χ0v) is 12.0. The lowest BCUT2D eigenvalue weighted by molar-refractivity contribution is -0.0955. The van der Waals surface area contributed by atoms with Gasteiger partial charge in [0.05, 0.1) is 17.0 Å². The molecule has 0 amide bonds. The minimum Gasteiger partial charge on any atom is -0.370 e. The first kappa shape index (κ1) is 14.3. The van der Waals surface area contributed by atoms with Crippen molar-refractivity contribution >= 4 is 9.84 Å². The fraction of sp³-hybridized carbons (Fsp3) is 1.00. The molecule has 0 bridgehead atoms. The molecule has 0 aromatic heterocycles. The monoisotopic (exact) mass is 275 g/mol. The molecule has 2 atom stereocenters. The third-order valence-electron chi connectivity index (χ3n) is 4.49. The Morgan fingerprint density at radius 3 is 2.44 bits per heavy atom. The van der Waals surface area contributed by atoms with Crippen molar-refractivity contribution in [2.45, 2.75) is 68.3 Å². The van der Waals surface area contributed by atoms with Gasteiger partial charge in [-0.2, -0.15) is 0 Å². The van der Waals surface area contributed by atoms with Crippen molar-refractivity contribution in [1.82, 2.24) is 0 Å². The summed E-state index contributed by atoms with van der Waals surface area (Å²) in [6.45, 7) is 0.563. The second-order valence-electron chi connectivity index (χ2n) is 5.95. The van der Waals surface area contributed by atoms with Gasteiger partial charge >= 0.3 is 0 Å². The summed E-state index contributed by atoms with van der Waals surface area (Å²) in [5, 5.41) is -0.215. The van der Waals surface area contributed by atoms with Gasteiger partial charge in [-0.05, 0) is 38.5 Å². The molecule has 2 rings (SSSR count). The Hall–Kier alpha value is -0.130. The van der Waals surface area contributed by atoms with Gasteiger partial charge in [0, 0.05) is 12.8 Å². The van der Waals surface area contributed by atoms with Gasteiger partial charge in [0.2, 0.25) is 0 Å². The van der Waals surface area contributed by atoms with E-state index in [-0.39, 0.29) is 17.0 Å². The number of hydrogen-bond donors (Lipinski definition) is 1. The van der Waals surface area contributed by atoms with Gasteiger partial charge in [0.15, 0.2) is 0 Å². The second kappa shape index (κ2) is 5.47. The molecule has 0 aromatic rings. The summed E-state index contributed by atoms with van der Waals surface area (Å²) in [7, 11) is -2.93. The summed E-state index contributed by atoms with van der Waals surface area (Å²) in [6.07, 6.45) is 9.21.